The van der Waals surface area contributed by atoms with Crippen LogP contribution in [0.5, 0.6) is 0 Å². The predicted molar refractivity (Wildman–Crippen MR) is 96.5 cm³/mol. The lowest BCUT2D eigenvalue weighted by atomic mass is 10.3. The molecule has 8 nitrogen and oxygen atoms in total. The van der Waals surface area contributed by atoms with Crippen LogP contribution in [0.1, 0.15) is 0 Å². The molecule has 0 aliphatic heterocycles. The monoisotopic (exact) mass is 440 g/mol. The molecule has 0 atom stereocenters. The average Bonchev–Trinajstić information content (AvgIpc) is 3.02. The van der Waals surface area contributed by atoms with Crippen molar-refractivity contribution in [3.63, 3.8) is 0 Å². The fourth-order valence-corrected chi connectivity index (χ4v) is 2.68. The molecule has 2 heterocycles. The van der Waals surface area contributed by atoms with Crippen LogP contribution in [0.2, 0.25) is 0 Å². The lowest BCUT2D eigenvalue weighted by Crippen LogP contribution is -2.05. The summed E-state index contributed by atoms with van der Waals surface area (Å²) in [5.74, 6) is 0.207. The third-order valence-electron chi connectivity index (χ3n) is 2.77. The summed E-state index contributed by atoms with van der Waals surface area (Å²) < 4.78 is 1.07. The van der Waals surface area contributed by atoms with Crippen molar-refractivity contribution in [2.24, 2.45) is 0 Å². The largest absolute Gasteiger partial charge is 0.353 e. The molecule has 0 bridgehead atoms. The highest BCUT2D eigenvalue weighted by atomic mass is 127. The first-order chi connectivity index (χ1) is 11.1. The summed E-state index contributed by atoms with van der Waals surface area (Å²) in [5, 5.41) is 19.5. The fraction of sp³-hybridized carbons (Fsp3) is 0. The van der Waals surface area contributed by atoms with E-state index in [2.05, 4.69) is 48.2 Å². The molecular formula is C13H9IN6O2S. The van der Waals surface area contributed by atoms with Gasteiger partial charge in [0.15, 0.2) is 5.13 Å². The first-order valence-electron chi connectivity index (χ1n) is 6.32. The topological polar surface area (TPSA) is 106 Å². The fourth-order valence-electron chi connectivity index (χ4n) is 1.79. The first kappa shape index (κ1) is 15.6. The van der Waals surface area contributed by atoms with Gasteiger partial charge in [0.25, 0.3) is 0 Å². The zero-order chi connectivity index (χ0) is 16.2. The third kappa shape index (κ3) is 3.71. The Bertz CT molecular complexity index is 825. The van der Waals surface area contributed by atoms with Crippen molar-refractivity contribution >= 4 is 62.1 Å². The molecule has 1 aromatic carbocycles. The lowest BCUT2D eigenvalue weighted by Gasteiger charge is -2.09. The zero-order valence-electron chi connectivity index (χ0n) is 11.4. The second-order valence-corrected chi connectivity index (χ2v) is 6.41. The van der Waals surface area contributed by atoms with E-state index in [0.717, 1.165) is 3.57 Å². The number of halogens is 1. The highest BCUT2D eigenvalue weighted by Crippen LogP contribution is 2.33. The molecule has 23 heavy (non-hydrogen) atoms. The number of nitro groups is 1. The standard InChI is InChI=1S/C13H9IN6O2S/c14-8-1-3-9(4-2-8)18-11-10(20(21)22)12(17-7-16-11)19-13-15-5-6-23-13/h1-7H,(H2,15,16,17,18,19). The van der Waals surface area contributed by atoms with Gasteiger partial charge in [-0.15, -0.1) is 11.3 Å². The number of thiazole rings is 1. The number of nitrogens with one attached hydrogen (secondary N) is 2. The van der Waals surface area contributed by atoms with Crippen molar-refractivity contribution in [2.45, 2.75) is 0 Å². The molecule has 116 valence electrons. The summed E-state index contributed by atoms with van der Waals surface area (Å²) in [6, 6.07) is 7.43. The molecule has 2 N–H and O–H groups in total. The van der Waals surface area contributed by atoms with E-state index < -0.39 is 4.92 Å². The maximum absolute atomic E-state index is 11.4. The zero-order valence-corrected chi connectivity index (χ0v) is 14.4. The molecule has 3 aromatic rings. The Morgan fingerprint density at radius 3 is 2.39 bits per heavy atom. The molecule has 0 saturated carbocycles. The molecule has 0 aliphatic carbocycles. The van der Waals surface area contributed by atoms with Crippen molar-refractivity contribution in [2.75, 3.05) is 10.6 Å². The molecule has 3 rings (SSSR count). The van der Waals surface area contributed by atoms with Crippen LogP contribution in [0.4, 0.5) is 28.1 Å². The predicted octanol–water partition coefficient (Wildman–Crippen LogP) is 3.93. The average molecular weight is 440 g/mol. The minimum atomic E-state index is -0.523. The molecule has 0 saturated heterocycles. The van der Waals surface area contributed by atoms with Crippen LogP contribution in [-0.4, -0.2) is 19.9 Å². The summed E-state index contributed by atoms with van der Waals surface area (Å²) in [6.07, 6.45) is 2.86. The number of nitrogens with zero attached hydrogens (tertiary/aromatic N) is 4. The Morgan fingerprint density at radius 2 is 1.78 bits per heavy atom. The van der Waals surface area contributed by atoms with Crippen molar-refractivity contribution < 1.29 is 4.92 Å². The van der Waals surface area contributed by atoms with E-state index in [-0.39, 0.29) is 17.3 Å². The Labute approximate surface area is 148 Å². The summed E-state index contributed by atoms with van der Waals surface area (Å²) in [6.45, 7) is 0. The maximum Gasteiger partial charge on any atom is 0.353 e. The molecule has 2 aromatic heterocycles. The van der Waals surface area contributed by atoms with Crippen LogP contribution in [-0.2, 0) is 0 Å². The van der Waals surface area contributed by atoms with Gasteiger partial charge in [-0.25, -0.2) is 15.0 Å². The summed E-state index contributed by atoms with van der Waals surface area (Å²) >= 11 is 3.51. The van der Waals surface area contributed by atoms with Gasteiger partial charge >= 0.3 is 5.69 Å². The first-order valence-corrected chi connectivity index (χ1v) is 8.28. The van der Waals surface area contributed by atoms with Crippen LogP contribution in [0.15, 0.2) is 42.2 Å². The van der Waals surface area contributed by atoms with E-state index in [1.54, 1.807) is 11.6 Å². The van der Waals surface area contributed by atoms with E-state index in [1.807, 2.05) is 24.3 Å². The van der Waals surface area contributed by atoms with Crippen LogP contribution in [0.3, 0.4) is 0 Å². The van der Waals surface area contributed by atoms with Gasteiger partial charge < -0.3 is 10.6 Å². The third-order valence-corrected chi connectivity index (χ3v) is 4.18. The minimum absolute atomic E-state index is 0.0907. The number of hydrogen-bond donors (Lipinski definition) is 2. The van der Waals surface area contributed by atoms with Gasteiger partial charge in [0.2, 0.25) is 11.6 Å². The highest BCUT2D eigenvalue weighted by molar-refractivity contribution is 14.1. The molecule has 0 radical (unpaired) electrons. The number of anilines is 4. The quantitative estimate of drug-likeness (QED) is 0.352. The van der Waals surface area contributed by atoms with E-state index in [1.165, 1.54) is 17.7 Å². The smallest absolute Gasteiger partial charge is 0.334 e. The summed E-state index contributed by atoms with van der Waals surface area (Å²) in [5.41, 5.74) is 0.466. The second kappa shape index (κ2) is 6.83. The normalized spacial score (nSPS) is 10.3. The molecule has 0 aliphatic rings. The Hall–Kier alpha value is -2.34. The van der Waals surface area contributed by atoms with Crippen molar-refractivity contribution in [3.8, 4) is 0 Å². The number of hydrogen-bond acceptors (Lipinski definition) is 8. The van der Waals surface area contributed by atoms with E-state index in [0.29, 0.717) is 10.8 Å². The number of rotatable bonds is 5. The Kier molecular flexibility index (Phi) is 4.62. The van der Waals surface area contributed by atoms with Crippen molar-refractivity contribution in [1.29, 1.82) is 0 Å². The molecule has 0 unspecified atom stereocenters. The molecule has 10 heteroatoms. The van der Waals surface area contributed by atoms with Gasteiger partial charge in [-0.1, -0.05) is 0 Å². The number of benzene rings is 1. The van der Waals surface area contributed by atoms with Crippen LogP contribution in [0, 0.1) is 13.7 Å². The molecular weight excluding hydrogens is 431 g/mol. The number of aromatic nitrogens is 3. The van der Waals surface area contributed by atoms with Crippen molar-refractivity contribution in [3.05, 3.63) is 55.9 Å². The SMILES string of the molecule is O=[N+]([O-])c1c(Nc2ccc(I)cc2)ncnc1Nc1nccs1. The van der Waals surface area contributed by atoms with Crippen LogP contribution >= 0.6 is 33.9 Å². The van der Waals surface area contributed by atoms with E-state index >= 15 is 0 Å². The Balaban J connectivity index is 1.96. The maximum atomic E-state index is 11.4. The van der Waals surface area contributed by atoms with Crippen molar-refractivity contribution in [1.82, 2.24) is 15.0 Å². The van der Waals surface area contributed by atoms with Gasteiger partial charge in [0, 0.05) is 20.8 Å². The van der Waals surface area contributed by atoms with Gasteiger partial charge in [-0.2, -0.15) is 0 Å². The summed E-state index contributed by atoms with van der Waals surface area (Å²) in [4.78, 5) is 22.9. The van der Waals surface area contributed by atoms with Gasteiger partial charge in [-0.05, 0) is 46.9 Å². The minimum Gasteiger partial charge on any atom is -0.334 e. The summed E-state index contributed by atoms with van der Waals surface area (Å²) in [7, 11) is 0. The van der Waals surface area contributed by atoms with Crippen LogP contribution < -0.4 is 10.6 Å². The molecule has 0 spiro atoms. The molecule has 0 fully saturated rings. The van der Waals surface area contributed by atoms with Gasteiger partial charge in [0.05, 0.1) is 4.92 Å². The van der Waals surface area contributed by atoms with Gasteiger partial charge in [-0.3, -0.25) is 10.1 Å². The van der Waals surface area contributed by atoms with E-state index in [9.17, 15) is 10.1 Å². The molecule has 0 amide bonds. The highest BCUT2D eigenvalue weighted by Gasteiger charge is 2.23. The second-order valence-electron chi connectivity index (χ2n) is 4.27. The lowest BCUT2D eigenvalue weighted by molar-refractivity contribution is -0.383. The van der Waals surface area contributed by atoms with Crippen LogP contribution in [0.25, 0.3) is 0 Å². The van der Waals surface area contributed by atoms with E-state index in [4.69, 9.17) is 0 Å². The van der Waals surface area contributed by atoms with Gasteiger partial charge in [0.1, 0.15) is 6.33 Å². The Morgan fingerprint density at radius 1 is 1.09 bits per heavy atom.